The Morgan fingerprint density at radius 2 is 1.83 bits per heavy atom. The van der Waals surface area contributed by atoms with Crippen molar-refractivity contribution in [1.82, 2.24) is 0 Å². The van der Waals surface area contributed by atoms with E-state index in [0.717, 1.165) is 0 Å². The molecule has 0 aliphatic rings. The molecule has 0 aliphatic carbocycles. The van der Waals surface area contributed by atoms with Crippen LogP contribution in [0.25, 0.3) is 0 Å². The van der Waals surface area contributed by atoms with E-state index in [9.17, 15) is 4.79 Å². The van der Waals surface area contributed by atoms with Gasteiger partial charge in [-0.05, 0) is 0 Å². The normalized spacial score (nSPS) is 11.9. The van der Waals surface area contributed by atoms with Crippen molar-refractivity contribution in [2.45, 2.75) is 0 Å². The zero-order valence-corrected chi connectivity index (χ0v) is 7.29. The lowest BCUT2D eigenvalue weighted by molar-refractivity contribution is -0.137. The summed E-state index contributed by atoms with van der Waals surface area (Å²) in [5.41, 5.74) is -0.0394. The van der Waals surface area contributed by atoms with Crippen molar-refractivity contribution in [3.8, 4) is 0 Å². The Morgan fingerprint density at radius 1 is 1.25 bits per heavy atom. The molecule has 0 heterocycles. The third-order valence-electron chi connectivity index (χ3n) is 1.17. The first-order valence-electron chi connectivity index (χ1n) is 3.20. The van der Waals surface area contributed by atoms with Crippen molar-refractivity contribution in [2.24, 2.45) is 0 Å². The lowest BCUT2D eigenvalue weighted by Crippen LogP contribution is -2.13. The lowest BCUT2D eigenvalue weighted by atomic mass is 10.3. The van der Waals surface area contributed by atoms with Crippen LogP contribution < -0.4 is 0 Å². The van der Waals surface area contributed by atoms with Crippen LogP contribution in [0.2, 0.25) is 0 Å². The second-order valence-corrected chi connectivity index (χ2v) is 1.91. The molecule has 0 aromatic heterocycles. The highest BCUT2D eigenvalue weighted by atomic mass is 16.6. The molecule has 0 saturated carbocycles. The minimum atomic E-state index is -0.670. The topological polar surface area (TPSA) is 65.0 Å². The number of aliphatic hydroxyl groups excluding tert-OH is 1. The highest BCUT2D eigenvalue weighted by molar-refractivity contribution is 5.88. The van der Waals surface area contributed by atoms with Gasteiger partial charge in [-0.25, -0.2) is 4.79 Å². The summed E-state index contributed by atoms with van der Waals surface area (Å²) in [6.45, 7) is -0.0493. The molecule has 0 spiro atoms. The van der Waals surface area contributed by atoms with Crippen LogP contribution in [-0.4, -0.2) is 39.0 Å². The highest BCUT2D eigenvalue weighted by Crippen LogP contribution is 2.04. The second-order valence-electron chi connectivity index (χ2n) is 1.91. The zero-order chi connectivity index (χ0) is 9.56. The number of hydrogen-bond donors (Lipinski definition) is 1. The molecule has 0 rings (SSSR count). The van der Waals surface area contributed by atoms with Gasteiger partial charge >= 0.3 is 5.97 Å². The van der Waals surface area contributed by atoms with E-state index in [1.807, 2.05) is 0 Å². The van der Waals surface area contributed by atoms with E-state index in [4.69, 9.17) is 5.11 Å². The summed E-state index contributed by atoms with van der Waals surface area (Å²) in [7, 11) is 3.85. The average Bonchev–Trinajstić information content (AvgIpc) is 2.11. The van der Waals surface area contributed by atoms with Crippen LogP contribution in [0, 0.1) is 0 Å². The molecule has 0 aromatic carbocycles. The molecule has 5 heteroatoms. The van der Waals surface area contributed by atoms with Gasteiger partial charge in [0.25, 0.3) is 5.95 Å². The van der Waals surface area contributed by atoms with Gasteiger partial charge in [0.15, 0.2) is 0 Å². The summed E-state index contributed by atoms with van der Waals surface area (Å²) >= 11 is 0. The second kappa shape index (κ2) is 5.42. The van der Waals surface area contributed by atoms with Crippen LogP contribution in [0.4, 0.5) is 0 Å². The molecule has 0 unspecified atom stereocenters. The zero-order valence-electron chi connectivity index (χ0n) is 7.29. The van der Waals surface area contributed by atoms with E-state index in [1.54, 1.807) is 0 Å². The van der Waals surface area contributed by atoms with Gasteiger partial charge in [-0.3, -0.25) is 0 Å². The maximum Gasteiger partial charge on any atom is 0.343 e. The van der Waals surface area contributed by atoms with Crippen molar-refractivity contribution < 1.29 is 24.1 Å². The monoisotopic (exact) mass is 176 g/mol. The molecule has 0 fully saturated rings. The fourth-order valence-electron chi connectivity index (χ4n) is 0.599. The summed E-state index contributed by atoms with van der Waals surface area (Å²) in [6, 6.07) is 0. The number of aliphatic hydroxyl groups is 1. The van der Waals surface area contributed by atoms with Gasteiger partial charge in [-0.15, -0.1) is 0 Å². The molecule has 12 heavy (non-hydrogen) atoms. The van der Waals surface area contributed by atoms with E-state index in [0.29, 0.717) is 0 Å². The summed E-state index contributed by atoms with van der Waals surface area (Å²) in [5.74, 6) is -1.15. The minimum Gasteiger partial charge on any atom is -0.481 e. The van der Waals surface area contributed by atoms with Crippen LogP contribution >= 0.6 is 0 Å². The van der Waals surface area contributed by atoms with Crippen LogP contribution in [-0.2, 0) is 19.0 Å². The van der Waals surface area contributed by atoms with E-state index >= 15 is 0 Å². The number of esters is 1. The number of rotatable bonds is 4. The fraction of sp³-hybridized carbons (Fsp3) is 0.571. The van der Waals surface area contributed by atoms with E-state index in [-0.39, 0.29) is 12.2 Å². The highest BCUT2D eigenvalue weighted by Gasteiger charge is 2.16. The van der Waals surface area contributed by atoms with Crippen LogP contribution in [0.1, 0.15) is 0 Å². The molecule has 5 nitrogen and oxygen atoms in total. The Hall–Kier alpha value is -1.23. The average molecular weight is 176 g/mol. The predicted molar refractivity (Wildman–Crippen MR) is 40.6 cm³/mol. The van der Waals surface area contributed by atoms with Crippen LogP contribution in [0.5, 0.6) is 0 Å². The molecule has 0 atom stereocenters. The predicted octanol–water partition coefficient (Wildman–Crippen LogP) is 0.222. The van der Waals surface area contributed by atoms with Crippen molar-refractivity contribution in [2.75, 3.05) is 27.9 Å². The number of methoxy groups -OCH3 is 3. The van der Waals surface area contributed by atoms with Crippen LogP contribution in [0.3, 0.4) is 0 Å². The number of ether oxygens (including phenoxy) is 3. The Kier molecular flexibility index (Phi) is 4.87. The summed E-state index contributed by atoms with van der Waals surface area (Å²) in [4.78, 5) is 10.9. The minimum absolute atomic E-state index is 0.0394. The summed E-state index contributed by atoms with van der Waals surface area (Å²) in [5, 5.41) is 9.03. The molecule has 0 bridgehead atoms. The summed E-state index contributed by atoms with van der Waals surface area (Å²) in [6.07, 6.45) is 0. The molecule has 0 amide bonds. The Labute approximate surface area is 70.5 Å². The molecule has 0 aromatic rings. The lowest BCUT2D eigenvalue weighted by Gasteiger charge is -2.05. The van der Waals surface area contributed by atoms with Crippen molar-refractivity contribution >= 4 is 5.97 Å². The van der Waals surface area contributed by atoms with Gasteiger partial charge in [0.05, 0.1) is 20.8 Å². The van der Waals surface area contributed by atoms with Crippen molar-refractivity contribution in [1.29, 1.82) is 0 Å². The molecule has 70 valence electrons. The van der Waals surface area contributed by atoms with Gasteiger partial charge in [0.2, 0.25) is 0 Å². The standard InChI is InChI=1S/C7H12O5/c1-10-4-5(6(8)11-2)7(9)12-3/h8H,4H2,1-3H3. The summed E-state index contributed by atoms with van der Waals surface area (Å²) < 4.78 is 13.5. The molecular weight excluding hydrogens is 164 g/mol. The van der Waals surface area contributed by atoms with E-state index < -0.39 is 11.9 Å². The molecular formula is C7H12O5. The molecule has 1 N–H and O–H groups in total. The van der Waals surface area contributed by atoms with E-state index in [1.165, 1.54) is 21.3 Å². The first-order chi connectivity index (χ1) is 5.67. The third kappa shape index (κ3) is 2.79. The number of hydrogen-bond acceptors (Lipinski definition) is 5. The maximum atomic E-state index is 10.9. The Morgan fingerprint density at radius 3 is 2.17 bits per heavy atom. The Bertz CT molecular complexity index is 184. The van der Waals surface area contributed by atoms with Gasteiger partial charge < -0.3 is 19.3 Å². The number of carbonyl (C=O) groups excluding carboxylic acids is 1. The third-order valence-corrected chi connectivity index (χ3v) is 1.17. The number of carbonyl (C=O) groups is 1. The van der Waals surface area contributed by atoms with E-state index in [2.05, 4.69) is 14.2 Å². The molecule has 0 radical (unpaired) electrons. The SMILES string of the molecule is COCC(C(=O)OC)=C(O)OC. The van der Waals surface area contributed by atoms with Gasteiger partial charge in [-0.1, -0.05) is 0 Å². The van der Waals surface area contributed by atoms with Gasteiger partial charge in [-0.2, -0.15) is 0 Å². The molecule has 0 saturated heterocycles. The smallest absolute Gasteiger partial charge is 0.343 e. The fourth-order valence-corrected chi connectivity index (χ4v) is 0.599. The Balaban J connectivity index is 4.52. The maximum absolute atomic E-state index is 10.9. The quantitative estimate of drug-likeness (QED) is 0.377. The van der Waals surface area contributed by atoms with Gasteiger partial charge in [0.1, 0.15) is 5.57 Å². The van der Waals surface area contributed by atoms with Crippen molar-refractivity contribution in [3.63, 3.8) is 0 Å². The molecule has 0 aliphatic heterocycles. The van der Waals surface area contributed by atoms with Gasteiger partial charge in [0, 0.05) is 7.11 Å². The van der Waals surface area contributed by atoms with Crippen LogP contribution in [0.15, 0.2) is 11.5 Å². The largest absolute Gasteiger partial charge is 0.481 e. The first-order valence-corrected chi connectivity index (χ1v) is 3.20. The van der Waals surface area contributed by atoms with Crippen molar-refractivity contribution in [3.05, 3.63) is 11.5 Å². The first kappa shape index (κ1) is 10.8.